The Labute approximate surface area is 242 Å². The van der Waals surface area contributed by atoms with E-state index in [0.29, 0.717) is 10.9 Å². The second-order valence-electron chi connectivity index (χ2n) is 11.1. The molecule has 0 atom stereocenters. The van der Waals surface area contributed by atoms with E-state index in [9.17, 15) is 8.42 Å². The molecule has 210 valence electrons. The fraction of sp³-hybridized carbons (Fsp3) is 0.273. The minimum Gasteiger partial charge on any atom is -0.369 e. The molecule has 0 amide bonds. The zero-order chi connectivity index (χ0) is 28.7. The Hall–Kier alpha value is -4.01. The summed E-state index contributed by atoms with van der Waals surface area (Å²) in [6, 6.07) is 24.8. The third-order valence-corrected chi connectivity index (χ3v) is 9.26. The molecule has 0 aliphatic carbocycles. The van der Waals surface area contributed by atoms with Crippen LogP contribution in [0.4, 0.5) is 5.69 Å². The van der Waals surface area contributed by atoms with Crippen molar-refractivity contribution in [1.82, 2.24) is 19.4 Å². The molecule has 0 unspecified atom stereocenters. The highest BCUT2D eigenvalue weighted by Crippen LogP contribution is 2.36. The Balaban J connectivity index is 1.40. The molecular weight excluding hydrogens is 530 g/mol. The third-order valence-electron chi connectivity index (χ3n) is 8.13. The SMILES string of the molecule is CC(C)N1CCN(c2ccc(-c3cc(-c4ccncc4)c4nc(-c5ccc(S(C)(=O)=O)cc5)n(C)c4c3)cc2)CC1. The van der Waals surface area contributed by atoms with E-state index in [1.807, 2.05) is 31.3 Å². The summed E-state index contributed by atoms with van der Waals surface area (Å²) >= 11 is 0. The number of nitrogens with zero attached hydrogens (tertiary/aromatic N) is 5. The smallest absolute Gasteiger partial charge is 0.175 e. The predicted molar refractivity (Wildman–Crippen MR) is 167 cm³/mol. The van der Waals surface area contributed by atoms with Crippen molar-refractivity contribution in [3.8, 4) is 33.6 Å². The monoisotopic (exact) mass is 565 g/mol. The average molecular weight is 566 g/mol. The molecule has 0 spiro atoms. The Morgan fingerprint density at radius 1 is 0.756 bits per heavy atom. The minimum atomic E-state index is -3.27. The van der Waals surface area contributed by atoms with Gasteiger partial charge in [-0.25, -0.2) is 13.4 Å². The van der Waals surface area contributed by atoms with Gasteiger partial charge in [-0.3, -0.25) is 9.88 Å². The normalized spacial score (nSPS) is 14.7. The molecule has 3 aromatic carbocycles. The van der Waals surface area contributed by atoms with Crippen LogP contribution in [-0.2, 0) is 16.9 Å². The van der Waals surface area contributed by atoms with Gasteiger partial charge in [0.1, 0.15) is 5.82 Å². The van der Waals surface area contributed by atoms with Crippen LogP contribution in [0.2, 0.25) is 0 Å². The highest BCUT2D eigenvalue weighted by molar-refractivity contribution is 7.90. The van der Waals surface area contributed by atoms with Crippen LogP contribution in [0, 0.1) is 0 Å². The molecule has 3 heterocycles. The lowest BCUT2D eigenvalue weighted by Gasteiger charge is -2.38. The summed E-state index contributed by atoms with van der Waals surface area (Å²) in [5.74, 6) is 0.781. The third kappa shape index (κ3) is 5.37. The Morgan fingerprint density at radius 3 is 2.00 bits per heavy atom. The molecule has 0 N–H and O–H groups in total. The van der Waals surface area contributed by atoms with Gasteiger partial charge in [0.2, 0.25) is 0 Å². The van der Waals surface area contributed by atoms with E-state index in [4.69, 9.17) is 4.98 Å². The number of aromatic nitrogens is 3. The number of imidazole rings is 1. The van der Waals surface area contributed by atoms with Crippen LogP contribution in [0.3, 0.4) is 0 Å². The first-order chi connectivity index (χ1) is 19.7. The van der Waals surface area contributed by atoms with Crippen LogP contribution < -0.4 is 4.90 Å². The largest absolute Gasteiger partial charge is 0.369 e. The molecule has 7 nitrogen and oxygen atoms in total. The zero-order valence-corrected chi connectivity index (χ0v) is 24.8. The van der Waals surface area contributed by atoms with Crippen molar-refractivity contribution in [2.75, 3.05) is 37.3 Å². The molecule has 1 saturated heterocycles. The predicted octanol–water partition coefficient (Wildman–Crippen LogP) is 5.90. The van der Waals surface area contributed by atoms with Gasteiger partial charge < -0.3 is 9.47 Å². The van der Waals surface area contributed by atoms with Crippen molar-refractivity contribution in [2.24, 2.45) is 7.05 Å². The van der Waals surface area contributed by atoms with Crippen LogP contribution >= 0.6 is 0 Å². The summed E-state index contributed by atoms with van der Waals surface area (Å²) in [6.45, 7) is 8.79. The first-order valence-electron chi connectivity index (χ1n) is 14.0. The first kappa shape index (κ1) is 27.2. The molecule has 8 heteroatoms. The van der Waals surface area contributed by atoms with Gasteiger partial charge in [-0.05, 0) is 91.2 Å². The Morgan fingerprint density at radius 2 is 1.39 bits per heavy atom. The number of hydrogen-bond acceptors (Lipinski definition) is 6. The van der Waals surface area contributed by atoms with Gasteiger partial charge in [0.05, 0.1) is 15.9 Å². The van der Waals surface area contributed by atoms with E-state index in [0.717, 1.165) is 70.9 Å². The summed E-state index contributed by atoms with van der Waals surface area (Å²) in [4.78, 5) is 14.6. The van der Waals surface area contributed by atoms with Crippen molar-refractivity contribution in [3.05, 3.63) is 85.2 Å². The minimum absolute atomic E-state index is 0.296. The molecule has 0 saturated carbocycles. The number of sulfone groups is 1. The van der Waals surface area contributed by atoms with Gasteiger partial charge in [0.15, 0.2) is 9.84 Å². The lowest BCUT2D eigenvalue weighted by molar-refractivity contribution is 0.209. The second kappa shape index (κ2) is 10.8. The number of anilines is 1. The van der Waals surface area contributed by atoms with E-state index in [1.165, 1.54) is 11.9 Å². The maximum Gasteiger partial charge on any atom is 0.175 e. The second-order valence-corrected chi connectivity index (χ2v) is 13.1. The number of rotatable bonds is 6. The van der Waals surface area contributed by atoms with E-state index in [1.54, 1.807) is 24.5 Å². The molecule has 1 aliphatic rings. The summed E-state index contributed by atoms with van der Waals surface area (Å²) in [5, 5.41) is 0. The number of fused-ring (bicyclic) bond motifs is 1. The van der Waals surface area contributed by atoms with Crippen LogP contribution in [0.15, 0.2) is 90.1 Å². The van der Waals surface area contributed by atoms with Gasteiger partial charge in [0.25, 0.3) is 0 Å². The maximum atomic E-state index is 12.0. The quantitative estimate of drug-likeness (QED) is 0.255. The van der Waals surface area contributed by atoms with Gasteiger partial charge in [-0.1, -0.05) is 12.1 Å². The zero-order valence-electron chi connectivity index (χ0n) is 23.9. The lowest BCUT2D eigenvalue weighted by Crippen LogP contribution is -2.48. The molecule has 0 bridgehead atoms. The van der Waals surface area contributed by atoms with Crippen LogP contribution in [0.1, 0.15) is 13.8 Å². The van der Waals surface area contributed by atoms with E-state index in [2.05, 4.69) is 69.6 Å². The number of piperazine rings is 1. The molecule has 41 heavy (non-hydrogen) atoms. The van der Waals surface area contributed by atoms with E-state index < -0.39 is 9.84 Å². The summed E-state index contributed by atoms with van der Waals surface area (Å²) < 4.78 is 26.0. The highest BCUT2D eigenvalue weighted by Gasteiger charge is 2.20. The van der Waals surface area contributed by atoms with Crippen LogP contribution in [-0.4, -0.2) is 66.3 Å². The Kier molecular flexibility index (Phi) is 7.13. The van der Waals surface area contributed by atoms with Crippen molar-refractivity contribution in [2.45, 2.75) is 24.8 Å². The molecule has 6 rings (SSSR count). The summed E-state index contributed by atoms with van der Waals surface area (Å²) in [7, 11) is -1.26. The molecular formula is C33H35N5O2S. The molecule has 2 aromatic heterocycles. The van der Waals surface area contributed by atoms with Crippen molar-refractivity contribution in [3.63, 3.8) is 0 Å². The standard InChI is InChI=1S/C33H35N5O2S/c1-23(2)37-17-19-38(20-18-37)28-9-5-24(6-10-28)27-21-30(25-13-15-34-16-14-25)32-31(22-27)36(3)33(35-32)26-7-11-29(12-8-26)41(4,39)40/h5-16,21-23H,17-20H2,1-4H3. The fourth-order valence-electron chi connectivity index (χ4n) is 5.68. The molecule has 0 radical (unpaired) electrons. The average Bonchev–Trinajstić information content (AvgIpc) is 3.33. The van der Waals surface area contributed by atoms with E-state index in [-0.39, 0.29) is 0 Å². The van der Waals surface area contributed by atoms with Gasteiger partial charge >= 0.3 is 0 Å². The lowest BCUT2D eigenvalue weighted by atomic mass is 9.97. The van der Waals surface area contributed by atoms with Crippen molar-refractivity contribution < 1.29 is 8.42 Å². The number of hydrogen-bond donors (Lipinski definition) is 0. The van der Waals surface area contributed by atoms with Crippen molar-refractivity contribution >= 4 is 26.6 Å². The summed E-state index contributed by atoms with van der Waals surface area (Å²) in [5.41, 5.74) is 8.35. The molecule has 1 fully saturated rings. The van der Waals surface area contributed by atoms with Crippen LogP contribution in [0.25, 0.3) is 44.7 Å². The first-order valence-corrected chi connectivity index (χ1v) is 15.9. The maximum absolute atomic E-state index is 12.0. The van der Waals surface area contributed by atoms with Gasteiger partial charge in [0, 0.05) is 74.7 Å². The topological polar surface area (TPSA) is 71.3 Å². The number of benzene rings is 3. The van der Waals surface area contributed by atoms with Crippen LogP contribution in [0.5, 0.6) is 0 Å². The van der Waals surface area contributed by atoms with Crippen molar-refractivity contribution in [1.29, 1.82) is 0 Å². The highest BCUT2D eigenvalue weighted by atomic mass is 32.2. The molecule has 1 aliphatic heterocycles. The van der Waals surface area contributed by atoms with E-state index >= 15 is 0 Å². The summed E-state index contributed by atoms with van der Waals surface area (Å²) in [6.07, 6.45) is 4.82. The molecule has 5 aromatic rings. The van der Waals surface area contributed by atoms with Gasteiger partial charge in [-0.15, -0.1) is 0 Å². The number of pyridine rings is 1. The Bertz CT molecular complexity index is 1790. The fourth-order valence-corrected chi connectivity index (χ4v) is 6.31. The van der Waals surface area contributed by atoms with Gasteiger partial charge in [-0.2, -0.15) is 0 Å². The number of aryl methyl sites for hydroxylation is 1.